The third kappa shape index (κ3) is 4.28. The second-order valence-corrected chi connectivity index (χ2v) is 7.20. The molecule has 1 N–H and O–H groups in total. The van der Waals surface area contributed by atoms with Crippen LogP contribution in [0.15, 0.2) is 53.4 Å². The zero-order valence-corrected chi connectivity index (χ0v) is 13.7. The van der Waals surface area contributed by atoms with Gasteiger partial charge in [-0.1, -0.05) is 29.8 Å². The van der Waals surface area contributed by atoms with Gasteiger partial charge in [0.2, 0.25) is 15.9 Å². The number of amides is 1. The summed E-state index contributed by atoms with van der Waals surface area (Å²) in [6.07, 6.45) is 0. The summed E-state index contributed by atoms with van der Waals surface area (Å²) in [5.41, 5.74) is 0.385. The molecule has 0 atom stereocenters. The largest absolute Gasteiger partial charge is 0.324 e. The fourth-order valence-corrected chi connectivity index (χ4v) is 3.19. The van der Waals surface area contributed by atoms with Crippen molar-refractivity contribution < 1.29 is 17.6 Å². The van der Waals surface area contributed by atoms with Crippen LogP contribution in [0.4, 0.5) is 10.1 Å². The number of sulfonamides is 1. The molecule has 0 aliphatic heterocycles. The van der Waals surface area contributed by atoms with Crippen LogP contribution in [0.3, 0.4) is 0 Å². The molecule has 2 aromatic carbocycles. The van der Waals surface area contributed by atoms with Crippen LogP contribution < -0.4 is 5.32 Å². The lowest BCUT2D eigenvalue weighted by Gasteiger charge is -2.17. The fraction of sp³-hybridized carbons (Fsp3) is 0.133. The minimum atomic E-state index is -3.96. The van der Waals surface area contributed by atoms with Gasteiger partial charge in [-0.15, -0.1) is 0 Å². The molecule has 8 heteroatoms. The number of likely N-dealkylation sites (N-methyl/N-ethyl adjacent to an activating group) is 1. The van der Waals surface area contributed by atoms with Crippen molar-refractivity contribution in [3.05, 3.63) is 59.4 Å². The number of rotatable bonds is 5. The van der Waals surface area contributed by atoms with Gasteiger partial charge in [-0.2, -0.15) is 4.31 Å². The molecule has 5 nitrogen and oxygen atoms in total. The van der Waals surface area contributed by atoms with E-state index in [9.17, 15) is 17.6 Å². The molecule has 0 spiro atoms. The van der Waals surface area contributed by atoms with Gasteiger partial charge in [0.15, 0.2) is 0 Å². The van der Waals surface area contributed by atoms with Crippen molar-refractivity contribution in [2.24, 2.45) is 0 Å². The Morgan fingerprint density at radius 1 is 1.22 bits per heavy atom. The molecule has 2 aromatic rings. The lowest BCUT2D eigenvalue weighted by Crippen LogP contribution is -2.35. The van der Waals surface area contributed by atoms with Crippen molar-refractivity contribution in [1.82, 2.24) is 4.31 Å². The van der Waals surface area contributed by atoms with Gasteiger partial charge in [-0.05, 0) is 30.3 Å². The third-order valence-corrected chi connectivity index (χ3v) is 5.15. The van der Waals surface area contributed by atoms with Crippen molar-refractivity contribution in [1.29, 1.82) is 0 Å². The smallest absolute Gasteiger partial charge is 0.243 e. The van der Waals surface area contributed by atoms with Crippen molar-refractivity contribution in [3.8, 4) is 0 Å². The Morgan fingerprint density at radius 3 is 2.57 bits per heavy atom. The molecule has 0 aliphatic carbocycles. The summed E-state index contributed by atoms with van der Waals surface area (Å²) in [4.78, 5) is 11.8. The van der Waals surface area contributed by atoms with Gasteiger partial charge in [0.05, 0.1) is 22.2 Å². The number of hydrogen-bond acceptors (Lipinski definition) is 3. The Hall–Kier alpha value is -1.96. The van der Waals surface area contributed by atoms with Crippen LogP contribution >= 0.6 is 11.6 Å². The van der Waals surface area contributed by atoms with Crippen LogP contribution in [0.25, 0.3) is 0 Å². The second kappa shape index (κ2) is 7.08. The van der Waals surface area contributed by atoms with Crippen LogP contribution in [0.1, 0.15) is 0 Å². The number of nitrogens with zero attached hydrogens (tertiary/aromatic N) is 1. The standard InChI is InChI=1S/C15H14ClFN2O3S/c1-19(23(21,22)12-6-4-5-11(17)9-12)10-15(20)18-14-8-3-2-7-13(14)16/h2-9H,10H2,1H3,(H,18,20). The van der Waals surface area contributed by atoms with E-state index in [2.05, 4.69) is 5.32 Å². The zero-order valence-electron chi connectivity index (χ0n) is 12.2. The maximum Gasteiger partial charge on any atom is 0.243 e. The van der Waals surface area contributed by atoms with Crippen LogP contribution in [-0.4, -0.2) is 32.2 Å². The first-order chi connectivity index (χ1) is 10.8. The van der Waals surface area contributed by atoms with Crippen LogP contribution in [-0.2, 0) is 14.8 Å². The molecule has 0 heterocycles. The van der Waals surface area contributed by atoms with E-state index in [-0.39, 0.29) is 4.90 Å². The van der Waals surface area contributed by atoms with Crippen molar-refractivity contribution in [2.75, 3.05) is 18.9 Å². The zero-order chi connectivity index (χ0) is 17.0. The summed E-state index contributed by atoms with van der Waals surface area (Å²) in [6.45, 7) is -0.427. The average Bonchev–Trinajstić information content (AvgIpc) is 2.49. The van der Waals surface area contributed by atoms with Gasteiger partial charge < -0.3 is 5.32 Å². The number of hydrogen-bond donors (Lipinski definition) is 1. The highest BCUT2D eigenvalue weighted by molar-refractivity contribution is 7.89. The van der Waals surface area contributed by atoms with Crippen molar-refractivity contribution >= 4 is 33.2 Å². The van der Waals surface area contributed by atoms with E-state index in [4.69, 9.17) is 11.6 Å². The number of halogens is 2. The lowest BCUT2D eigenvalue weighted by molar-refractivity contribution is -0.116. The molecule has 0 radical (unpaired) electrons. The Morgan fingerprint density at radius 2 is 1.91 bits per heavy atom. The first-order valence-corrected chi connectivity index (χ1v) is 8.39. The van der Waals surface area contributed by atoms with Crippen LogP contribution in [0, 0.1) is 5.82 Å². The Balaban J connectivity index is 2.10. The van der Waals surface area contributed by atoms with Gasteiger partial charge in [0, 0.05) is 7.05 Å². The SMILES string of the molecule is CN(CC(=O)Nc1ccccc1Cl)S(=O)(=O)c1cccc(F)c1. The first kappa shape index (κ1) is 17.4. The Kier molecular flexibility index (Phi) is 5.35. The van der Waals surface area contributed by atoms with Crippen LogP contribution in [0.2, 0.25) is 5.02 Å². The second-order valence-electron chi connectivity index (χ2n) is 4.75. The number of nitrogens with one attached hydrogen (secondary N) is 1. The number of benzene rings is 2. The Labute approximate surface area is 138 Å². The average molecular weight is 357 g/mol. The van der Waals surface area contributed by atoms with Crippen molar-refractivity contribution in [3.63, 3.8) is 0 Å². The van der Waals surface area contributed by atoms with Gasteiger partial charge >= 0.3 is 0 Å². The first-order valence-electron chi connectivity index (χ1n) is 6.57. The Bertz CT molecular complexity index is 827. The molecule has 23 heavy (non-hydrogen) atoms. The molecule has 2 rings (SSSR count). The highest BCUT2D eigenvalue weighted by Gasteiger charge is 2.23. The number of anilines is 1. The molecule has 0 fully saturated rings. The summed E-state index contributed by atoms with van der Waals surface area (Å²) in [6, 6.07) is 11.2. The molecular formula is C15H14ClFN2O3S. The molecule has 0 aliphatic rings. The van der Waals surface area contributed by atoms with Gasteiger partial charge in [-0.3, -0.25) is 4.79 Å². The molecule has 0 saturated heterocycles. The van der Waals surface area contributed by atoms with E-state index < -0.39 is 28.3 Å². The third-order valence-electron chi connectivity index (χ3n) is 3.02. The van der Waals surface area contributed by atoms with Gasteiger partial charge in [0.25, 0.3) is 0 Å². The molecule has 0 unspecified atom stereocenters. The summed E-state index contributed by atoms with van der Waals surface area (Å²) in [5, 5.41) is 2.87. The quantitative estimate of drug-likeness (QED) is 0.895. The van der Waals surface area contributed by atoms with E-state index in [1.807, 2.05) is 0 Å². The molecule has 1 amide bonds. The predicted molar refractivity (Wildman–Crippen MR) is 86.3 cm³/mol. The summed E-state index contributed by atoms with van der Waals surface area (Å²) in [7, 11) is -2.72. The van der Waals surface area contributed by atoms with E-state index in [0.29, 0.717) is 10.7 Å². The fourth-order valence-electron chi connectivity index (χ4n) is 1.85. The maximum atomic E-state index is 13.2. The summed E-state index contributed by atoms with van der Waals surface area (Å²) < 4.78 is 38.6. The van der Waals surface area contributed by atoms with Gasteiger partial charge in [-0.25, -0.2) is 12.8 Å². The van der Waals surface area contributed by atoms with Gasteiger partial charge in [0.1, 0.15) is 5.82 Å². The molecular weight excluding hydrogens is 343 g/mol. The van der Waals surface area contributed by atoms with Crippen LogP contribution in [0.5, 0.6) is 0 Å². The number of para-hydroxylation sites is 1. The summed E-state index contributed by atoms with van der Waals surface area (Å²) in [5.74, 6) is -1.22. The molecule has 0 aromatic heterocycles. The minimum Gasteiger partial charge on any atom is -0.324 e. The maximum absolute atomic E-state index is 13.2. The number of carbonyl (C=O) groups excluding carboxylic acids is 1. The molecule has 0 saturated carbocycles. The molecule has 0 bridgehead atoms. The predicted octanol–water partition coefficient (Wildman–Crippen LogP) is 2.74. The lowest BCUT2D eigenvalue weighted by atomic mass is 10.3. The van der Waals surface area contributed by atoms with E-state index in [1.54, 1.807) is 24.3 Å². The highest BCUT2D eigenvalue weighted by Crippen LogP contribution is 2.20. The van der Waals surface area contributed by atoms with Crippen molar-refractivity contribution in [2.45, 2.75) is 4.90 Å². The highest BCUT2D eigenvalue weighted by atomic mass is 35.5. The minimum absolute atomic E-state index is 0.217. The molecule has 122 valence electrons. The normalized spacial score (nSPS) is 11.5. The van der Waals surface area contributed by atoms with E-state index in [1.165, 1.54) is 19.2 Å². The summed E-state index contributed by atoms with van der Waals surface area (Å²) >= 11 is 5.92. The van der Waals surface area contributed by atoms with E-state index in [0.717, 1.165) is 16.4 Å². The monoisotopic (exact) mass is 356 g/mol. The topological polar surface area (TPSA) is 66.5 Å². The van der Waals surface area contributed by atoms with E-state index >= 15 is 0 Å². The number of carbonyl (C=O) groups is 1.